The van der Waals surface area contributed by atoms with Crippen LogP contribution in [0.15, 0.2) is 449 Å². The molecule has 122 heavy (non-hydrogen) atoms. The molecule has 2 aliphatic carbocycles. The summed E-state index contributed by atoms with van der Waals surface area (Å²) < 4.78 is 7.19. The molecule has 0 atom stereocenters. The van der Waals surface area contributed by atoms with Crippen molar-refractivity contribution in [2.24, 2.45) is 0 Å². The highest BCUT2D eigenvalue weighted by Crippen LogP contribution is 2.64. The third kappa shape index (κ3) is 11.5. The summed E-state index contributed by atoms with van der Waals surface area (Å²) in [4.78, 5) is 7.22. The Morgan fingerprint density at radius 2 is 0.582 bits per heavy atom. The summed E-state index contributed by atoms with van der Waals surface area (Å²) in [7, 11) is 0. The summed E-state index contributed by atoms with van der Waals surface area (Å²) >= 11 is 0. The van der Waals surface area contributed by atoms with Gasteiger partial charge in [-0.15, -0.1) is 0 Å². The maximum absolute atomic E-state index is 4.30. The number of para-hydroxylation sites is 6. The predicted molar refractivity (Wildman–Crippen MR) is 513 cm³/mol. The van der Waals surface area contributed by atoms with Crippen molar-refractivity contribution < 1.29 is 0 Å². The molecule has 0 radical (unpaired) electrons. The van der Waals surface area contributed by atoms with E-state index in [1.165, 1.54) is 82.7 Å². The van der Waals surface area contributed by atoms with E-state index in [4.69, 9.17) is 0 Å². The second kappa shape index (κ2) is 29.3. The average molecular weight is 1560 g/mol. The Labute approximate surface area is 709 Å². The second-order valence-electron chi connectivity index (χ2n) is 31.9. The Morgan fingerprint density at radius 1 is 0.230 bits per heavy atom. The van der Waals surface area contributed by atoms with Gasteiger partial charge in [0, 0.05) is 101 Å². The maximum atomic E-state index is 4.30. The van der Waals surface area contributed by atoms with Crippen molar-refractivity contribution in [3.8, 4) is 72.7 Å². The van der Waals surface area contributed by atoms with Crippen LogP contribution < -0.4 is 14.7 Å². The van der Waals surface area contributed by atoms with Gasteiger partial charge in [0.2, 0.25) is 0 Å². The number of benzene rings is 18. The molecule has 0 saturated carbocycles. The van der Waals surface area contributed by atoms with Crippen LogP contribution in [-0.2, 0) is 5.41 Å². The number of aromatic nitrogens is 3. The first-order valence-electron chi connectivity index (χ1n) is 42.0. The van der Waals surface area contributed by atoms with Crippen LogP contribution >= 0.6 is 0 Å². The summed E-state index contributed by atoms with van der Waals surface area (Å²) in [6.45, 7) is 6.38. The Hall–Kier alpha value is -16.0. The van der Waals surface area contributed by atoms with Crippen LogP contribution in [0.4, 0.5) is 51.2 Å². The van der Waals surface area contributed by atoms with Crippen molar-refractivity contribution >= 4 is 118 Å². The SMILES string of the molecule is C=Cc1c(/C=C\C)c2cc(N(c3ccccc3)c3ccc(-c4ccc(N(c5ccccc5)c5ccc6c(c5)c5ccc(-c7ccc8c(c7)-c7ccc(N(c9ccc(-c%10ccccc%10)cc9)c9ccc%10c%11ccccc%11n(-c%11ccccc%11)c%10c9)cc7C87c8ccccc8-c8ccccc87)cc5n6-c5ccccc5)cc4)cc3)ccc2n1-c1ccccc1. The quantitative estimate of drug-likeness (QED) is 0.0908. The van der Waals surface area contributed by atoms with Crippen molar-refractivity contribution in [3.05, 3.63) is 483 Å². The third-order valence-corrected chi connectivity index (χ3v) is 25.3. The summed E-state index contributed by atoms with van der Waals surface area (Å²) in [6.07, 6.45) is 6.29. The first-order valence-corrected chi connectivity index (χ1v) is 42.0. The van der Waals surface area contributed by atoms with E-state index in [1.54, 1.807) is 0 Å². The first kappa shape index (κ1) is 71.3. The zero-order valence-corrected chi connectivity index (χ0v) is 67.2. The fourth-order valence-electron chi connectivity index (χ4n) is 20.0. The molecule has 3 heterocycles. The van der Waals surface area contributed by atoms with Crippen LogP contribution in [0.2, 0.25) is 0 Å². The molecule has 23 rings (SSSR count). The molecule has 2 aliphatic rings. The van der Waals surface area contributed by atoms with E-state index in [2.05, 4.69) is 491 Å². The molecule has 6 nitrogen and oxygen atoms in total. The monoisotopic (exact) mass is 1560 g/mol. The molecule has 1 spiro atoms. The fourth-order valence-corrected chi connectivity index (χ4v) is 20.0. The van der Waals surface area contributed by atoms with Crippen molar-refractivity contribution in [1.29, 1.82) is 0 Å². The first-order chi connectivity index (χ1) is 60.4. The standard InChI is InChI=1S/C116H80N6/c1-3-29-99-104-74-92(64-70-112(104)120(110(99)4-2)86-36-17-8-18-37-86)117(84-32-13-6-14-33-84)89-56-50-80(51-57-89)81-52-58-90(59-53-81)118(85-34-15-7-16-35-85)93-65-71-113-105(75-93)102-66-54-83(73-114(102)122(113)88-40-21-10-22-41-88)82-55-69-108-103(72-82)98-67-62-94(76-109(98)116(108)106-45-26-23-42-96(106)97-43-24-27-46-107(97)116)119(91-60-48-79(49-61-91)78-30-11-5-12-31-78)95-63-68-101-100-44-25-28-47-111(100)121(115(101)77-95)87-38-19-9-20-39-87/h3-77H,2H2,1H3/b29-3-. The molecule has 0 aliphatic heterocycles. The Bertz CT molecular complexity index is 7630. The lowest BCUT2D eigenvalue weighted by atomic mass is 9.70. The minimum Gasteiger partial charge on any atom is -0.310 e. The lowest BCUT2D eigenvalue weighted by molar-refractivity contribution is 0.794. The average Bonchev–Trinajstić information content (AvgIpc) is 1.50. The van der Waals surface area contributed by atoms with Crippen molar-refractivity contribution in [2.75, 3.05) is 14.7 Å². The number of nitrogens with zero attached hydrogens (tertiary/aromatic N) is 6. The Morgan fingerprint density at radius 3 is 1.14 bits per heavy atom. The molecular formula is C116H80N6. The number of allylic oxidation sites excluding steroid dienone is 1. The summed E-state index contributed by atoms with van der Waals surface area (Å²) in [5.74, 6) is 0. The number of fused-ring (bicyclic) bond motifs is 17. The van der Waals surface area contributed by atoms with Gasteiger partial charge < -0.3 is 28.4 Å². The predicted octanol–water partition coefficient (Wildman–Crippen LogP) is 31.3. The largest absolute Gasteiger partial charge is 0.310 e. The van der Waals surface area contributed by atoms with E-state index in [9.17, 15) is 0 Å². The van der Waals surface area contributed by atoms with Crippen molar-refractivity contribution in [1.82, 2.24) is 13.7 Å². The van der Waals surface area contributed by atoms with Crippen molar-refractivity contribution in [3.63, 3.8) is 0 Å². The molecule has 6 heteroatoms. The smallest absolute Gasteiger partial charge is 0.0726 e. The maximum Gasteiger partial charge on any atom is 0.0726 e. The zero-order valence-electron chi connectivity index (χ0n) is 67.2. The molecule has 0 N–H and O–H groups in total. The van der Waals surface area contributed by atoms with Gasteiger partial charge in [-0.1, -0.05) is 280 Å². The van der Waals surface area contributed by atoms with Gasteiger partial charge in [0.1, 0.15) is 0 Å². The van der Waals surface area contributed by atoms with Crippen LogP contribution in [0.1, 0.15) is 40.4 Å². The topological polar surface area (TPSA) is 24.5 Å². The molecule has 0 saturated heterocycles. The van der Waals surface area contributed by atoms with Crippen LogP contribution in [0, 0.1) is 0 Å². The summed E-state index contributed by atoms with van der Waals surface area (Å²) in [5, 5.41) is 5.93. The number of hydrogen-bond acceptors (Lipinski definition) is 3. The Balaban J connectivity index is 0.623. The van der Waals surface area contributed by atoms with E-state index >= 15 is 0 Å². The highest BCUT2D eigenvalue weighted by atomic mass is 15.2. The molecular weight excluding hydrogens is 1480 g/mol. The van der Waals surface area contributed by atoms with Crippen LogP contribution in [0.5, 0.6) is 0 Å². The molecule has 0 amide bonds. The third-order valence-electron chi connectivity index (χ3n) is 25.3. The van der Waals surface area contributed by atoms with Crippen LogP contribution in [-0.4, -0.2) is 13.7 Å². The van der Waals surface area contributed by atoms with Crippen LogP contribution in [0.3, 0.4) is 0 Å². The molecule has 574 valence electrons. The lowest BCUT2D eigenvalue weighted by Gasteiger charge is -2.32. The molecule has 21 aromatic rings. The van der Waals surface area contributed by atoms with E-state index < -0.39 is 5.41 Å². The van der Waals surface area contributed by atoms with Gasteiger partial charge in [0.25, 0.3) is 0 Å². The van der Waals surface area contributed by atoms with Crippen molar-refractivity contribution in [2.45, 2.75) is 12.3 Å². The zero-order chi connectivity index (χ0) is 80.9. The molecule has 3 aromatic heterocycles. The summed E-state index contributed by atoms with van der Waals surface area (Å²) in [5.41, 5.74) is 37.3. The lowest BCUT2D eigenvalue weighted by Crippen LogP contribution is -2.26. The van der Waals surface area contributed by atoms with E-state index in [0.717, 1.165) is 129 Å². The van der Waals surface area contributed by atoms with Gasteiger partial charge >= 0.3 is 0 Å². The van der Waals surface area contributed by atoms with E-state index in [-0.39, 0.29) is 0 Å². The molecule has 0 unspecified atom stereocenters. The summed E-state index contributed by atoms with van der Waals surface area (Å²) in [6, 6.07) is 161. The van der Waals surface area contributed by atoms with Gasteiger partial charge in [-0.3, -0.25) is 0 Å². The van der Waals surface area contributed by atoms with Crippen LogP contribution in [0.25, 0.3) is 139 Å². The normalized spacial score (nSPS) is 12.4. The molecule has 0 fully saturated rings. The molecule has 0 bridgehead atoms. The highest BCUT2D eigenvalue weighted by Gasteiger charge is 2.52. The van der Waals surface area contributed by atoms with E-state index in [0.29, 0.717) is 0 Å². The fraction of sp³-hybridized carbons (Fsp3) is 0.0172. The highest BCUT2D eigenvalue weighted by molar-refractivity contribution is 6.13. The minimum atomic E-state index is -0.626. The number of anilines is 9. The van der Waals surface area contributed by atoms with Gasteiger partial charge in [-0.05, 0) is 267 Å². The van der Waals surface area contributed by atoms with Gasteiger partial charge in [0.05, 0.1) is 38.7 Å². The minimum absolute atomic E-state index is 0.626. The van der Waals surface area contributed by atoms with Gasteiger partial charge in [-0.2, -0.15) is 0 Å². The molecule has 18 aromatic carbocycles. The Kier molecular flexibility index (Phi) is 17.1. The second-order valence-corrected chi connectivity index (χ2v) is 31.9. The van der Waals surface area contributed by atoms with Gasteiger partial charge in [0.15, 0.2) is 0 Å². The number of rotatable bonds is 17. The van der Waals surface area contributed by atoms with E-state index in [1.807, 2.05) is 6.08 Å². The number of hydrogen-bond donors (Lipinski definition) is 0. The van der Waals surface area contributed by atoms with Gasteiger partial charge in [-0.25, -0.2) is 0 Å².